The molecule has 0 saturated carbocycles. The lowest BCUT2D eigenvalue weighted by molar-refractivity contribution is 0.104. The van der Waals surface area contributed by atoms with Crippen molar-refractivity contribution in [1.82, 2.24) is 0 Å². The van der Waals surface area contributed by atoms with E-state index >= 15 is 0 Å². The lowest BCUT2D eigenvalue weighted by atomic mass is 9.79. The molecule has 104 valence electrons. The molecule has 1 aromatic rings. The second-order valence-electron chi connectivity index (χ2n) is 6.24. The molecule has 0 N–H and O–H groups in total. The van der Waals surface area contributed by atoms with Gasteiger partial charge in [0, 0.05) is 0 Å². The molecule has 0 heterocycles. The number of hydrogen-bond acceptors (Lipinski definition) is 2. The van der Waals surface area contributed by atoms with E-state index in [1.54, 1.807) is 0 Å². The van der Waals surface area contributed by atoms with Gasteiger partial charge in [-0.05, 0) is 43.7 Å². The Hall–Kier alpha value is -1.49. The maximum atomic E-state index is 9.50. The van der Waals surface area contributed by atoms with Crippen molar-refractivity contribution in [2.24, 2.45) is 0 Å². The number of nitrogens with zero attached hydrogens (tertiary/aromatic N) is 1. The van der Waals surface area contributed by atoms with Crippen molar-refractivity contribution in [3.63, 3.8) is 0 Å². The minimum absolute atomic E-state index is 0.0131. The Labute approximate surface area is 117 Å². The van der Waals surface area contributed by atoms with E-state index < -0.39 is 0 Å². The van der Waals surface area contributed by atoms with Gasteiger partial charge in [0.25, 0.3) is 0 Å². The summed E-state index contributed by atoms with van der Waals surface area (Å²) < 4.78 is 6.03. The average molecular weight is 259 g/mol. The van der Waals surface area contributed by atoms with Crippen LogP contribution in [0.1, 0.15) is 65.5 Å². The van der Waals surface area contributed by atoms with Gasteiger partial charge >= 0.3 is 0 Å². The molecule has 2 nitrogen and oxygen atoms in total. The number of benzene rings is 1. The summed E-state index contributed by atoms with van der Waals surface area (Å²) in [6.45, 7) is 12.7. The van der Waals surface area contributed by atoms with Gasteiger partial charge in [-0.25, -0.2) is 0 Å². The quantitative estimate of drug-likeness (QED) is 0.760. The molecule has 2 heteroatoms. The fraction of sp³-hybridized carbons (Fsp3) is 0.588. The second kappa shape index (κ2) is 5.65. The normalized spacial score (nSPS) is 12.1. The van der Waals surface area contributed by atoms with Crippen molar-refractivity contribution in [1.29, 1.82) is 5.26 Å². The highest BCUT2D eigenvalue weighted by Crippen LogP contribution is 2.35. The molecular formula is C17H25NO. The monoisotopic (exact) mass is 259 g/mol. The summed E-state index contributed by atoms with van der Waals surface area (Å²) in [5.41, 5.74) is 1.49. The zero-order chi connectivity index (χ0) is 14.7. The molecule has 0 bridgehead atoms. The van der Waals surface area contributed by atoms with Crippen LogP contribution in [0.25, 0.3) is 0 Å². The summed E-state index contributed by atoms with van der Waals surface area (Å²) in [5.74, 6) is 0.702. The van der Waals surface area contributed by atoms with Crippen molar-refractivity contribution in [3.8, 4) is 11.8 Å². The Balaban J connectivity index is 3.30. The van der Waals surface area contributed by atoms with Crippen LogP contribution in [0, 0.1) is 11.3 Å². The van der Waals surface area contributed by atoms with E-state index in [1.807, 2.05) is 32.0 Å². The summed E-state index contributed by atoms with van der Waals surface area (Å²) in [6.07, 6.45) is 1.89. The average Bonchev–Trinajstić information content (AvgIpc) is 2.38. The molecule has 0 radical (unpaired) electrons. The number of ether oxygens (including phenoxy) is 1. The molecule has 1 aromatic carbocycles. The van der Waals surface area contributed by atoms with E-state index in [0.717, 1.165) is 18.4 Å². The van der Waals surface area contributed by atoms with E-state index in [9.17, 15) is 5.26 Å². The fourth-order valence-electron chi connectivity index (χ4n) is 1.86. The maximum absolute atomic E-state index is 9.50. The first-order valence-electron chi connectivity index (χ1n) is 7.00. The molecule has 0 spiro atoms. The smallest absolute Gasteiger partial charge is 0.138 e. The molecule has 0 atom stereocenters. The highest BCUT2D eigenvalue weighted by Gasteiger charge is 2.26. The van der Waals surface area contributed by atoms with E-state index in [2.05, 4.69) is 33.8 Å². The highest BCUT2D eigenvalue weighted by atomic mass is 16.5. The van der Waals surface area contributed by atoms with Gasteiger partial charge in [-0.15, -0.1) is 0 Å². The Morgan fingerprint density at radius 1 is 1.11 bits per heavy atom. The first-order valence-corrected chi connectivity index (χ1v) is 7.00. The van der Waals surface area contributed by atoms with Gasteiger partial charge in [-0.2, -0.15) is 5.26 Å². The largest absolute Gasteiger partial charge is 0.486 e. The van der Waals surface area contributed by atoms with Gasteiger partial charge in [0.1, 0.15) is 17.4 Å². The summed E-state index contributed by atoms with van der Waals surface area (Å²) in [5, 5.41) is 9.50. The lowest BCUT2D eigenvalue weighted by Gasteiger charge is -2.29. The van der Waals surface area contributed by atoms with Gasteiger partial charge in [-0.1, -0.05) is 39.8 Å². The number of hydrogen-bond donors (Lipinski definition) is 0. The van der Waals surface area contributed by atoms with Crippen LogP contribution in [0.5, 0.6) is 5.75 Å². The minimum Gasteiger partial charge on any atom is -0.486 e. The van der Waals surface area contributed by atoms with E-state index in [0.29, 0.717) is 11.3 Å². The van der Waals surface area contributed by atoms with E-state index in [1.165, 1.54) is 0 Å². The zero-order valence-corrected chi connectivity index (χ0v) is 13.0. The van der Waals surface area contributed by atoms with Crippen LogP contribution in [-0.4, -0.2) is 5.60 Å². The van der Waals surface area contributed by atoms with Crippen molar-refractivity contribution < 1.29 is 4.74 Å². The van der Waals surface area contributed by atoms with Crippen molar-refractivity contribution in [3.05, 3.63) is 29.3 Å². The number of nitriles is 1. The molecule has 0 aliphatic heterocycles. The summed E-state index contributed by atoms with van der Waals surface area (Å²) >= 11 is 0. The summed E-state index contributed by atoms with van der Waals surface area (Å²) in [7, 11) is 0. The molecule has 0 aromatic heterocycles. The first-order chi connectivity index (χ1) is 8.77. The fourth-order valence-corrected chi connectivity index (χ4v) is 1.86. The minimum atomic E-state index is -0.249. The Bertz CT molecular complexity index is 481. The van der Waals surface area contributed by atoms with E-state index in [4.69, 9.17) is 4.74 Å². The van der Waals surface area contributed by atoms with Gasteiger partial charge in [-0.3, -0.25) is 0 Å². The summed E-state index contributed by atoms with van der Waals surface area (Å²) in [6, 6.07) is 8.24. The van der Waals surface area contributed by atoms with Crippen LogP contribution in [-0.2, 0) is 5.41 Å². The van der Waals surface area contributed by atoms with Crippen LogP contribution < -0.4 is 4.74 Å². The Morgan fingerprint density at radius 2 is 1.74 bits per heavy atom. The third-order valence-electron chi connectivity index (χ3n) is 3.99. The molecule has 0 unspecified atom stereocenters. The topological polar surface area (TPSA) is 33.0 Å². The van der Waals surface area contributed by atoms with Crippen LogP contribution in [0.4, 0.5) is 0 Å². The Kier molecular flexibility index (Phi) is 4.63. The predicted octanol–water partition coefficient (Wildman–Crippen LogP) is 4.81. The van der Waals surface area contributed by atoms with Crippen molar-refractivity contribution in [2.45, 2.75) is 65.4 Å². The molecule has 0 aliphatic carbocycles. The molecule has 1 rings (SSSR count). The SMILES string of the molecule is CCC(C)(C)Oc1cccc(C(C)(C)CC)c1C#N. The predicted molar refractivity (Wildman–Crippen MR) is 79.5 cm³/mol. The van der Waals surface area contributed by atoms with Crippen LogP contribution in [0.15, 0.2) is 18.2 Å². The summed E-state index contributed by atoms with van der Waals surface area (Å²) in [4.78, 5) is 0. The Morgan fingerprint density at radius 3 is 2.21 bits per heavy atom. The van der Waals surface area contributed by atoms with Crippen molar-refractivity contribution >= 4 is 0 Å². The van der Waals surface area contributed by atoms with Gasteiger partial charge in [0.05, 0.1) is 5.56 Å². The third-order valence-corrected chi connectivity index (χ3v) is 3.99. The highest BCUT2D eigenvalue weighted by molar-refractivity contribution is 5.51. The van der Waals surface area contributed by atoms with Crippen molar-refractivity contribution in [2.75, 3.05) is 0 Å². The molecular weight excluding hydrogens is 234 g/mol. The van der Waals surface area contributed by atoms with Gasteiger partial charge < -0.3 is 4.74 Å². The van der Waals surface area contributed by atoms with Gasteiger partial charge in [0.15, 0.2) is 0 Å². The molecule has 0 amide bonds. The maximum Gasteiger partial charge on any atom is 0.138 e. The van der Waals surface area contributed by atoms with Crippen LogP contribution in [0.3, 0.4) is 0 Å². The molecule has 0 saturated heterocycles. The zero-order valence-electron chi connectivity index (χ0n) is 13.0. The van der Waals surface area contributed by atoms with E-state index in [-0.39, 0.29) is 11.0 Å². The lowest BCUT2D eigenvalue weighted by Crippen LogP contribution is -2.28. The van der Waals surface area contributed by atoms with Crippen LogP contribution in [0.2, 0.25) is 0 Å². The standard InChI is InChI=1S/C17H25NO/c1-7-16(3,4)14-10-9-11-15(13(14)12-18)19-17(5,6)8-2/h9-11H,7-8H2,1-6H3. The first kappa shape index (κ1) is 15.6. The van der Waals surface area contributed by atoms with Crippen LogP contribution >= 0.6 is 0 Å². The second-order valence-corrected chi connectivity index (χ2v) is 6.24. The molecule has 19 heavy (non-hydrogen) atoms. The molecule has 0 aliphatic rings. The number of rotatable bonds is 5. The molecule has 0 fully saturated rings. The van der Waals surface area contributed by atoms with Gasteiger partial charge in [0.2, 0.25) is 0 Å². The third kappa shape index (κ3) is 3.50.